The summed E-state index contributed by atoms with van der Waals surface area (Å²) in [4.78, 5) is 14.3. The summed E-state index contributed by atoms with van der Waals surface area (Å²) in [5.41, 5.74) is 9.20. The molecular formula is C19H17Cl2N3O. The number of amides is 1. The molecule has 4 nitrogen and oxygen atoms in total. The van der Waals surface area contributed by atoms with Crippen molar-refractivity contribution in [2.75, 3.05) is 13.1 Å². The van der Waals surface area contributed by atoms with Gasteiger partial charge < -0.3 is 16.0 Å². The maximum atomic E-state index is 12.7. The molecule has 1 aliphatic heterocycles. The lowest BCUT2D eigenvalue weighted by molar-refractivity contribution is 0.0776. The Balaban J connectivity index is 1.81. The molecule has 1 fully saturated rings. The van der Waals surface area contributed by atoms with Crippen LogP contribution in [0.4, 0.5) is 0 Å². The summed E-state index contributed by atoms with van der Waals surface area (Å²) >= 11 is 12.1. The van der Waals surface area contributed by atoms with Crippen LogP contribution in [0.5, 0.6) is 0 Å². The van der Waals surface area contributed by atoms with E-state index < -0.39 is 0 Å². The smallest absolute Gasteiger partial charge is 0.255 e. The van der Waals surface area contributed by atoms with Crippen molar-refractivity contribution in [3.63, 3.8) is 0 Å². The fourth-order valence-corrected chi connectivity index (χ4v) is 3.25. The third-order valence-corrected chi connectivity index (χ3v) is 5.04. The molecule has 1 saturated heterocycles. The fourth-order valence-electron chi connectivity index (χ4n) is 2.86. The van der Waals surface area contributed by atoms with E-state index in [-0.39, 0.29) is 17.5 Å². The van der Waals surface area contributed by atoms with Gasteiger partial charge in [0.15, 0.2) is 0 Å². The fraction of sp³-hybridized carbons (Fsp3) is 0.158. The molecule has 128 valence electrons. The highest BCUT2D eigenvalue weighted by molar-refractivity contribution is 6.43. The van der Waals surface area contributed by atoms with Crippen LogP contribution in [0.15, 0.2) is 54.1 Å². The summed E-state index contributed by atoms with van der Waals surface area (Å²) in [7, 11) is 0. The van der Waals surface area contributed by atoms with Crippen LogP contribution >= 0.6 is 23.2 Å². The molecule has 0 bridgehead atoms. The van der Waals surface area contributed by atoms with Gasteiger partial charge in [-0.25, -0.2) is 0 Å². The highest BCUT2D eigenvalue weighted by Gasteiger charge is 2.27. The first-order chi connectivity index (χ1) is 12.0. The Kier molecular flexibility index (Phi) is 5.11. The normalized spacial score (nSPS) is 16.7. The van der Waals surface area contributed by atoms with Crippen LogP contribution in [-0.4, -0.2) is 29.6 Å². The number of nitrogens with two attached hydrogens (primary N) is 1. The second kappa shape index (κ2) is 7.30. The van der Waals surface area contributed by atoms with Gasteiger partial charge in [0.1, 0.15) is 0 Å². The molecule has 0 aliphatic carbocycles. The van der Waals surface area contributed by atoms with E-state index in [9.17, 15) is 4.79 Å². The molecule has 0 radical (unpaired) electrons. The average Bonchev–Trinajstić information content (AvgIpc) is 2.63. The maximum Gasteiger partial charge on any atom is 0.255 e. The van der Waals surface area contributed by atoms with Gasteiger partial charge in [-0.3, -0.25) is 4.79 Å². The zero-order valence-corrected chi connectivity index (χ0v) is 14.9. The number of likely N-dealkylation sites (tertiary alicyclic amines) is 1. The quantitative estimate of drug-likeness (QED) is 0.826. The van der Waals surface area contributed by atoms with E-state index in [1.165, 1.54) is 0 Å². The van der Waals surface area contributed by atoms with E-state index in [4.69, 9.17) is 34.3 Å². The Labute approximate surface area is 156 Å². The lowest BCUT2D eigenvalue weighted by Gasteiger charge is -2.30. The van der Waals surface area contributed by atoms with Crippen molar-refractivity contribution < 1.29 is 4.79 Å². The predicted molar refractivity (Wildman–Crippen MR) is 102 cm³/mol. The van der Waals surface area contributed by atoms with E-state index in [0.717, 1.165) is 11.1 Å². The number of piperidine rings is 1. The number of carbonyl (C=O) groups excluding carboxylic acids is 1. The minimum atomic E-state index is -0.227. The standard InChI is InChI=1S/C19H17Cl2N3O/c20-15-8-4-7-14(17(15)21)19(25)24-10-9-13(16(22)11-24)18(23)12-5-2-1-3-6-12/h1-8,22H,9-11,23H2/b18-13-,22-16?. The van der Waals surface area contributed by atoms with Gasteiger partial charge in [0.25, 0.3) is 5.91 Å². The van der Waals surface area contributed by atoms with Gasteiger partial charge in [-0.15, -0.1) is 0 Å². The zero-order valence-electron chi connectivity index (χ0n) is 13.4. The molecule has 2 aromatic carbocycles. The second-order valence-electron chi connectivity index (χ2n) is 5.81. The Morgan fingerprint density at radius 1 is 1.08 bits per heavy atom. The second-order valence-corrected chi connectivity index (χ2v) is 6.60. The molecule has 1 amide bonds. The molecule has 6 heteroatoms. The number of hydrogen-bond acceptors (Lipinski definition) is 3. The number of nitrogens with zero attached hydrogens (tertiary/aromatic N) is 1. The molecule has 1 aliphatic rings. The van der Waals surface area contributed by atoms with Crippen LogP contribution in [0.3, 0.4) is 0 Å². The molecule has 0 unspecified atom stereocenters. The largest absolute Gasteiger partial charge is 0.398 e. The number of hydrogen-bond donors (Lipinski definition) is 2. The minimum Gasteiger partial charge on any atom is -0.398 e. The van der Waals surface area contributed by atoms with Crippen LogP contribution in [0.2, 0.25) is 10.0 Å². The van der Waals surface area contributed by atoms with Gasteiger partial charge >= 0.3 is 0 Å². The first-order valence-corrected chi connectivity index (χ1v) is 8.59. The lowest BCUT2D eigenvalue weighted by atomic mass is 9.96. The minimum absolute atomic E-state index is 0.199. The molecule has 25 heavy (non-hydrogen) atoms. The number of carbonyl (C=O) groups is 1. The van der Waals surface area contributed by atoms with E-state index in [1.807, 2.05) is 30.3 Å². The zero-order chi connectivity index (χ0) is 18.0. The molecule has 3 N–H and O–H groups in total. The van der Waals surface area contributed by atoms with Crippen LogP contribution in [0.25, 0.3) is 5.70 Å². The van der Waals surface area contributed by atoms with Crippen molar-refractivity contribution >= 4 is 40.5 Å². The summed E-state index contributed by atoms with van der Waals surface area (Å²) in [6, 6.07) is 14.5. The highest BCUT2D eigenvalue weighted by atomic mass is 35.5. The van der Waals surface area contributed by atoms with Crippen LogP contribution in [-0.2, 0) is 0 Å². The first-order valence-electron chi connectivity index (χ1n) is 7.84. The molecule has 0 spiro atoms. The summed E-state index contributed by atoms with van der Waals surface area (Å²) < 4.78 is 0. The summed E-state index contributed by atoms with van der Waals surface area (Å²) in [5, 5.41) is 8.90. The van der Waals surface area contributed by atoms with Crippen molar-refractivity contribution in [3.8, 4) is 0 Å². The Bertz CT molecular complexity index is 862. The van der Waals surface area contributed by atoms with Crippen molar-refractivity contribution in [3.05, 3.63) is 75.3 Å². The molecule has 2 aromatic rings. The molecule has 0 saturated carbocycles. The topological polar surface area (TPSA) is 70.2 Å². The van der Waals surface area contributed by atoms with Gasteiger partial charge in [0.2, 0.25) is 0 Å². The SMILES string of the molecule is N=C1CN(C(=O)c2cccc(Cl)c2Cl)CC/C1=C(/N)c1ccccc1. The van der Waals surface area contributed by atoms with Crippen LogP contribution < -0.4 is 5.73 Å². The summed E-state index contributed by atoms with van der Waals surface area (Å²) in [6.45, 7) is 0.678. The van der Waals surface area contributed by atoms with Crippen molar-refractivity contribution in [2.45, 2.75) is 6.42 Å². The van der Waals surface area contributed by atoms with Crippen molar-refractivity contribution in [1.29, 1.82) is 5.41 Å². The molecule has 1 heterocycles. The van der Waals surface area contributed by atoms with E-state index in [0.29, 0.717) is 35.0 Å². The Morgan fingerprint density at radius 3 is 2.48 bits per heavy atom. The number of halogens is 2. The van der Waals surface area contributed by atoms with Crippen molar-refractivity contribution in [1.82, 2.24) is 4.90 Å². The monoisotopic (exact) mass is 373 g/mol. The lowest BCUT2D eigenvalue weighted by Crippen LogP contribution is -2.41. The number of rotatable bonds is 2. The molecule has 3 rings (SSSR count). The molecule has 0 aromatic heterocycles. The van der Waals surface area contributed by atoms with Gasteiger partial charge in [0, 0.05) is 17.8 Å². The number of benzene rings is 2. The van der Waals surface area contributed by atoms with Crippen LogP contribution in [0.1, 0.15) is 22.3 Å². The van der Waals surface area contributed by atoms with E-state index >= 15 is 0 Å². The molecular weight excluding hydrogens is 357 g/mol. The van der Waals surface area contributed by atoms with Gasteiger partial charge in [-0.2, -0.15) is 0 Å². The van der Waals surface area contributed by atoms with Gasteiger partial charge in [0.05, 0.1) is 27.9 Å². The first kappa shape index (κ1) is 17.5. The summed E-state index contributed by atoms with van der Waals surface area (Å²) in [6.07, 6.45) is 0.531. The third kappa shape index (κ3) is 3.55. The van der Waals surface area contributed by atoms with E-state index in [2.05, 4.69) is 0 Å². The Hall–Kier alpha value is -2.30. The molecule has 0 atom stereocenters. The van der Waals surface area contributed by atoms with E-state index in [1.54, 1.807) is 23.1 Å². The highest BCUT2D eigenvalue weighted by Crippen LogP contribution is 2.28. The maximum absolute atomic E-state index is 12.7. The van der Waals surface area contributed by atoms with Crippen LogP contribution in [0, 0.1) is 5.41 Å². The average molecular weight is 374 g/mol. The van der Waals surface area contributed by atoms with Crippen molar-refractivity contribution in [2.24, 2.45) is 5.73 Å². The van der Waals surface area contributed by atoms with Gasteiger partial charge in [-0.05, 0) is 24.1 Å². The Morgan fingerprint density at radius 2 is 1.80 bits per heavy atom. The predicted octanol–water partition coefficient (Wildman–Crippen LogP) is 4.23. The van der Waals surface area contributed by atoms with Gasteiger partial charge in [-0.1, -0.05) is 59.6 Å². The summed E-state index contributed by atoms with van der Waals surface area (Å²) in [5.74, 6) is -0.227. The third-order valence-electron chi connectivity index (χ3n) is 4.22. The number of nitrogens with one attached hydrogen (secondary N) is 1.